The van der Waals surface area contributed by atoms with Crippen LogP contribution in [-0.2, 0) is 6.42 Å². The highest BCUT2D eigenvalue weighted by atomic mass is 15.2. The number of aryl methyl sites for hydroxylation is 1. The van der Waals surface area contributed by atoms with Crippen LogP contribution in [0.5, 0.6) is 0 Å². The molecule has 0 bridgehead atoms. The van der Waals surface area contributed by atoms with Gasteiger partial charge in [0.25, 0.3) is 0 Å². The van der Waals surface area contributed by atoms with E-state index in [-0.39, 0.29) is 12.0 Å². The van der Waals surface area contributed by atoms with Crippen LogP contribution in [0, 0.1) is 0 Å². The van der Waals surface area contributed by atoms with Gasteiger partial charge in [-0.15, -0.1) is 0 Å². The minimum atomic E-state index is 0.216. The fourth-order valence-corrected chi connectivity index (χ4v) is 8.39. The summed E-state index contributed by atoms with van der Waals surface area (Å²) in [5, 5.41) is 2.60. The van der Waals surface area contributed by atoms with Crippen LogP contribution >= 0.6 is 0 Å². The lowest BCUT2D eigenvalue weighted by atomic mass is 9.89. The number of allylic oxidation sites excluding steroid dienone is 3. The quantitative estimate of drug-likeness (QED) is 0.191. The van der Waals surface area contributed by atoms with Crippen molar-refractivity contribution in [1.82, 2.24) is 4.57 Å². The first-order chi connectivity index (χ1) is 23.8. The summed E-state index contributed by atoms with van der Waals surface area (Å²) in [4.78, 5) is 2.55. The van der Waals surface area contributed by atoms with Gasteiger partial charge in [-0.1, -0.05) is 134 Å². The van der Waals surface area contributed by atoms with Gasteiger partial charge in [0.2, 0.25) is 0 Å². The lowest BCUT2D eigenvalue weighted by Gasteiger charge is -2.28. The van der Waals surface area contributed by atoms with Crippen molar-refractivity contribution in [3.63, 3.8) is 0 Å². The number of anilines is 2. The number of nitrogens with zero attached hydrogens (tertiary/aromatic N) is 2. The van der Waals surface area contributed by atoms with Crippen LogP contribution in [0.3, 0.4) is 0 Å². The Labute approximate surface area is 281 Å². The molecule has 0 saturated carbocycles. The maximum atomic E-state index is 2.55. The van der Waals surface area contributed by atoms with Gasteiger partial charge < -0.3 is 9.47 Å². The zero-order valence-corrected chi connectivity index (χ0v) is 26.6. The normalized spacial score (nSPS) is 17.8. The fourth-order valence-electron chi connectivity index (χ4n) is 8.39. The number of fused-ring (bicyclic) bond motifs is 8. The highest BCUT2D eigenvalue weighted by Gasteiger charge is 2.40. The molecule has 0 amide bonds. The topological polar surface area (TPSA) is 8.17 Å². The Morgan fingerprint density at radius 1 is 0.521 bits per heavy atom. The van der Waals surface area contributed by atoms with Crippen LogP contribution in [0.4, 0.5) is 11.4 Å². The molecule has 2 unspecified atom stereocenters. The molecule has 3 aliphatic rings. The molecule has 0 saturated heterocycles. The van der Waals surface area contributed by atoms with Crippen molar-refractivity contribution in [3.05, 3.63) is 186 Å². The van der Waals surface area contributed by atoms with Gasteiger partial charge in [-0.25, -0.2) is 0 Å². The molecule has 2 atom stereocenters. The van der Waals surface area contributed by atoms with Crippen LogP contribution < -0.4 is 4.90 Å². The Kier molecular flexibility index (Phi) is 6.17. The summed E-state index contributed by atoms with van der Waals surface area (Å²) in [5.41, 5.74) is 15.7. The minimum absolute atomic E-state index is 0.216. The van der Waals surface area contributed by atoms with E-state index in [9.17, 15) is 0 Å². The van der Waals surface area contributed by atoms with Gasteiger partial charge in [0.15, 0.2) is 0 Å². The molecule has 6 aromatic carbocycles. The molecule has 2 nitrogen and oxygen atoms in total. The summed E-state index contributed by atoms with van der Waals surface area (Å²) >= 11 is 0. The third-order valence-corrected chi connectivity index (χ3v) is 10.6. The largest absolute Gasteiger partial charge is 0.333 e. The van der Waals surface area contributed by atoms with E-state index in [4.69, 9.17) is 0 Å². The maximum Gasteiger partial charge on any atom is 0.0630 e. The second kappa shape index (κ2) is 10.9. The number of aromatic nitrogens is 1. The van der Waals surface area contributed by atoms with Crippen molar-refractivity contribution in [1.29, 1.82) is 0 Å². The van der Waals surface area contributed by atoms with Crippen molar-refractivity contribution in [2.45, 2.75) is 24.8 Å². The number of rotatable bonds is 4. The molecule has 0 spiro atoms. The highest BCUT2D eigenvalue weighted by Crippen LogP contribution is 2.52. The van der Waals surface area contributed by atoms with E-state index < -0.39 is 0 Å². The maximum absolute atomic E-state index is 2.55. The Bertz CT molecular complexity index is 2440. The second-order valence-electron chi connectivity index (χ2n) is 13.2. The zero-order chi connectivity index (χ0) is 31.6. The molecule has 0 fully saturated rings. The Hall–Kier alpha value is -5.86. The highest BCUT2D eigenvalue weighted by molar-refractivity contribution is 6.12. The minimum Gasteiger partial charge on any atom is -0.333 e. The van der Waals surface area contributed by atoms with Crippen LogP contribution in [0.2, 0.25) is 0 Å². The molecule has 48 heavy (non-hydrogen) atoms. The second-order valence-corrected chi connectivity index (χ2v) is 13.2. The smallest absolute Gasteiger partial charge is 0.0630 e. The van der Waals surface area contributed by atoms with E-state index >= 15 is 0 Å². The molecule has 228 valence electrons. The molecular weight excluding hydrogens is 581 g/mol. The average molecular weight is 615 g/mol. The first-order valence-corrected chi connectivity index (χ1v) is 17.1. The van der Waals surface area contributed by atoms with Crippen LogP contribution in [-0.4, -0.2) is 10.6 Å². The Morgan fingerprint density at radius 2 is 1.23 bits per heavy atom. The SMILES string of the molecule is C1=CC2c3c(ccc4c5ccccc5n(-c5ccc(C6=Cc7ccccc7CC6)cc5)c34)N(c3ccc(-c4ccccc4)cc3)C2C=C1. The molecule has 1 aromatic heterocycles. The molecular formula is C46H34N2. The number of hydrogen-bond acceptors (Lipinski definition) is 1. The molecule has 0 N–H and O–H groups in total. The van der Waals surface area contributed by atoms with Crippen LogP contribution in [0.1, 0.15) is 34.6 Å². The van der Waals surface area contributed by atoms with Crippen molar-refractivity contribution in [2.75, 3.05) is 4.90 Å². The van der Waals surface area contributed by atoms with Crippen LogP contribution in [0.25, 0.3) is 50.3 Å². The first-order valence-electron chi connectivity index (χ1n) is 17.1. The third kappa shape index (κ3) is 4.19. The standard InChI is InChI=1S/C46H34N2/c1-2-10-31(11-3-1)33-20-24-37(25-21-33)47-43-17-9-7-15-41(43)45-44(47)29-28-40-39-14-6-8-16-42(39)48(46(40)45)38-26-22-34(23-27-38)36-19-18-32-12-4-5-13-35(32)30-36/h1-17,20-30,41,43H,18-19H2. The van der Waals surface area contributed by atoms with E-state index in [1.54, 1.807) is 0 Å². The summed E-state index contributed by atoms with van der Waals surface area (Å²) < 4.78 is 2.52. The molecule has 2 aliphatic carbocycles. The summed E-state index contributed by atoms with van der Waals surface area (Å²) in [6.07, 6.45) is 13.8. The van der Waals surface area contributed by atoms with E-state index in [1.165, 1.54) is 77.8 Å². The summed E-state index contributed by atoms with van der Waals surface area (Å²) in [6, 6.07) is 51.7. The summed E-state index contributed by atoms with van der Waals surface area (Å²) in [7, 11) is 0. The summed E-state index contributed by atoms with van der Waals surface area (Å²) in [6.45, 7) is 0. The molecule has 10 rings (SSSR count). The number of benzene rings is 6. The van der Waals surface area contributed by atoms with Gasteiger partial charge >= 0.3 is 0 Å². The predicted octanol–water partition coefficient (Wildman–Crippen LogP) is 11.7. The molecule has 1 aliphatic heterocycles. The lowest BCUT2D eigenvalue weighted by molar-refractivity contribution is 0.746. The third-order valence-electron chi connectivity index (χ3n) is 10.6. The van der Waals surface area contributed by atoms with Crippen molar-refractivity contribution < 1.29 is 0 Å². The van der Waals surface area contributed by atoms with E-state index in [0.717, 1.165) is 12.8 Å². The van der Waals surface area contributed by atoms with Crippen LogP contribution in [0.15, 0.2) is 164 Å². The Balaban J connectivity index is 1.13. The van der Waals surface area contributed by atoms with E-state index in [1.807, 2.05) is 0 Å². The lowest BCUT2D eigenvalue weighted by Crippen LogP contribution is -2.28. The van der Waals surface area contributed by atoms with Gasteiger partial charge in [-0.2, -0.15) is 0 Å². The van der Waals surface area contributed by atoms with Gasteiger partial charge in [0.1, 0.15) is 0 Å². The number of para-hydroxylation sites is 1. The average Bonchev–Trinajstić information content (AvgIpc) is 3.68. The first kappa shape index (κ1) is 27.3. The van der Waals surface area contributed by atoms with Gasteiger partial charge in [-0.05, 0) is 82.6 Å². The Morgan fingerprint density at radius 3 is 2.10 bits per heavy atom. The van der Waals surface area contributed by atoms with Crippen molar-refractivity contribution in [2.24, 2.45) is 0 Å². The van der Waals surface area contributed by atoms with Gasteiger partial charge in [-0.3, -0.25) is 0 Å². The fraction of sp³-hybridized carbons (Fsp3) is 0.0870. The molecule has 7 aromatic rings. The summed E-state index contributed by atoms with van der Waals surface area (Å²) in [5.74, 6) is 0.247. The van der Waals surface area contributed by atoms with Crippen molar-refractivity contribution in [3.8, 4) is 16.8 Å². The number of hydrogen-bond donors (Lipinski definition) is 0. The van der Waals surface area contributed by atoms with Crippen molar-refractivity contribution >= 4 is 44.8 Å². The van der Waals surface area contributed by atoms with Gasteiger partial charge in [0, 0.05) is 39.3 Å². The van der Waals surface area contributed by atoms with Gasteiger partial charge in [0.05, 0.1) is 17.1 Å². The molecule has 2 heterocycles. The predicted molar refractivity (Wildman–Crippen MR) is 202 cm³/mol. The molecule has 2 heteroatoms. The monoisotopic (exact) mass is 614 g/mol. The molecule has 0 radical (unpaired) electrons. The van der Waals surface area contributed by atoms with E-state index in [0.29, 0.717) is 0 Å². The zero-order valence-electron chi connectivity index (χ0n) is 26.6. The van der Waals surface area contributed by atoms with E-state index in [2.05, 4.69) is 179 Å².